The lowest BCUT2D eigenvalue weighted by Gasteiger charge is -2.11. The van der Waals surface area contributed by atoms with Gasteiger partial charge in [-0.2, -0.15) is 0 Å². The topological polar surface area (TPSA) is 44.3 Å². The lowest BCUT2D eigenvalue weighted by atomic mass is 10.2. The molecule has 0 aliphatic carbocycles. The molecule has 1 atom stereocenters. The lowest BCUT2D eigenvalue weighted by Crippen LogP contribution is -2.31. The van der Waals surface area contributed by atoms with Gasteiger partial charge in [0, 0.05) is 6.04 Å². The van der Waals surface area contributed by atoms with Crippen molar-refractivity contribution in [2.45, 2.75) is 12.5 Å². The molecule has 3 nitrogen and oxygen atoms in total. The highest BCUT2D eigenvalue weighted by Gasteiger charge is 2.00. The Labute approximate surface area is 56.5 Å². The first-order valence-electron chi connectivity index (χ1n) is 3.27. The Balaban J connectivity index is 3.09. The van der Waals surface area contributed by atoms with Crippen molar-refractivity contribution in [3.63, 3.8) is 0 Å². The molecule has 0 radical (unpaired) electrons. The zero-order valence-corrected chi connectivity index (χ0v) is 6.15. The van der Waals surface area contributed by atoms with Crippen LogP contribution in [0.3, 0.4) is 0 Å². The normalized spacial score (nSPS) is 13.7. The molecule has 0 saturated carbocycles. The Morgan fingerprint density at radius 3 is 2.44 bits per heavy atom. The van der Waals surface area contributed by atoms with Crippen LogP contribution in [-0.2, 0) is 0 Å². The van der Waals surface area contributed by atoms with Gasteiger partial charge in [-0.05, 0) is 27.1 Å². The first kappa shape index (κ1) is 8.88. The highest BCUT2D eigenvalue weighted by atomic mass is 16.3. The fourth-order valence-corrected chi connectivity index (χ4v) is 0.645. The predicted octanol–water partition coefficient (Wildman–Crippen LogP) is -0.824. The molecule has 0 amide bonds. The average Bonchev–Trinajstić information content (AvgIpc) is 1.91. The molecule has 0 bridgehead atoms. The molecule has 9 heavy (non-hydrogen) atoms. The minimum absolute atomic E-state index is 0.220. The molecule has 0 heterocycles. The maximum atomic E-state index is 8.66. The maximum Gasteiger partial charge on any atom is 0.0585 e. The Kier molecular flexibility index (Phi) is 5.93. The van der Waals surface area contributed by atoms with Crippen molar-refractivity contribution in [1.29, 1.82) is 0 Å². The highest BCUT2D eigenvalue weighted by Crippen LogP contribution is 1.85. The van der Waals surface area contributed by atoms with Crippen LogP contribution in [-0.4, -0.2) is 38.4 Å². The monoisotopic (exact) mass is 132 g/mol. The van der Waals surface area contributed by atoms with Crippen molar-refractivity contribution >= 4 is 0 Å². The standard InChI is InChI=1S/C6H16N2O/c1-7-4-3-6(5-9)8-2/h6-9H,3-5H2,1-2H3/t6-/m0/s1. The van der Waals surface area contributed by atoms with Crippen LogP contribution in [0.1, 0.15) is 6.42 Å². The lowest BCUT2D eigenvalue weighted by molar-refractivity contribution is 0.242. The van der Waals surface area contributed by atoms with Gasteiger partial charge >= 0.3 is 0 Å². The van der Waals surface area contributed by atoms with Crippen LogP contribution < -0.4 is 10.6 Å². The molecule has 0 rings (SSSR count). The van der Waals surface area contributed by atoms with Crippen molar-refractivity contribution < 1.29 is 5.11 Å². The molecule has 0 aromatic carbocycles. The summed E-state index contributed by atoms with van der Waals surface area (Å²) in [5, 5.41) is 14.7. The van der Waals surface area contributed by atoms with Gasteiger partial charge < -0.3 is 15.7 Å². The van der Waals surface area contributed by atoms with Crippen LogP contribution in [0.15, 0.2) is 0 Å². The van der Waals surface area contributed by atoms with Gasteiger partial charge in [0.05, 0.1) is 6.61 Å². The number of rotatable bonds is 5. The third kappa shape index (κ3) is 4.39. The van der Waals surface area contributed by atoms with E-state index in [1.807, 2.05) is 14.1 Å². The Morgan fingerprint density at radius 1 is 1.44 bits per heavy atom. The molecule has 0 aromatic rings. The van der Waals surface area contributed by atoms with Crippen LogP contribution >= 0.6 is 0 Å². The van der Waals surface area contributed by atoms with Gasteiger partial charge in [-0.1, -0.05) is 0 Å². The van der Waals surface area contributed by atoms with E-state index in [9.17, 15) is 0 Å². The molecule has 0 spiro atoms. The summed E-state index contributed by atoms with van der Waals surface area (Å²) in [5.74, 6) is 0. The van der Waals surface area contributed by atoms with Crippen LogP contribution in [0, 0.1) is 0 Å². The summed E-state index contributed by atoms with van der Waals surface area (Å²) in [6, 6.07) is 0.248. The van der Waals surface area contributed by atoms with E-state index in [0.717, 1.165) is 13.0 Å². The van der Waals surface area contributed by atoms with E-state index >= 15 is 0 Å². The predicted molar refractivity (Wildman–Crippen MR) is 38.5 cm³/mol. The first-order valence-corrected chi connectivity index (χ1v) is 3.27. The van der Waals surface area contributed by atoms with Gasteiger partial charge in [-0.15, -0.1) is 0 Å². The summed E-state index contributed by atoms with van der Waals surface area (Å²) in [7, 11) is 3.76. The van der Waals surface area contributed by atoms with Gasteiger partial charge in [-0.3, -0.25) is 0 Å². The van der Waals surface area contributed by atoms with Crippen molar-refractivity contribution in [2.75, 3.05) is 27.2 Å². The zero-order valence-electron chi connectivity index (χ0n) is 6.15. The van der Waals surface area contributed by atoms with E-state index in [4.69, 9.17) is 5.11 Å². The SMILES string of the molecule is CNCC[C@@H](CO)NC. The number of likely N-dealkylation sites (N-methyl/N-ethyl adjacent to an activating group) is 1. The molecule has 0 aromatic heterocycles. The maximum absolute atomic E-state index is 8.66. The summed E-state index contributed by atoms with van der Waals surface area (Å²) in [5.41, 5.74) is 0. The largest absolute Gasteiger partial charge is 0.395 e. The first-order chi connectivity index (χ1) is 4.35. The summed E-state index contributed by atoms with van der Waals surface area (Å²) in [6.07, 6.45) is 0.976. The molecule has 3 N–H and O–H groups in total. The van der Waals surface area contributed by atoms with Crippen LogP contribution in [0.5, 0.6) is 0 Å². The van der Waals surface area contributed by atoms with E-state index in [-0.39, 0.29) is 12.6 Å². The summed E-state index contributed by atoms with van der Waals surface area (Å²) >= 11 is 0. The van der Waals surface area contributed by atoms with E-state index in [0.29, 0.717) is 0 Å². The van der Waals surface area contributed by atoms with Gasteiger partial charge in [0.15, 0.2) is 0 Å². The molecule has 0 fully saturated rings. The molecular weight excluding hydrogens is 116 g/mol. The quantitative estimate of drug-likeness (QED) is 0.458. The van der Waals surface area contributed by atoms with Crippen molar-refractivity contribution in [2.24, 2.45) is 0 Å². The second kappa shape index (κ2) is 6.01. The fourth-order valence-electron chi connectivity index (χ4n) is 0.645. The smallest absolute Gasteiger partial charge is 0.0585 e. The number of hydrogen-bond acceptors (Lipinski definition) is 3. The van der Waals surface area contributed by atoms with Gasteiger partial charge in [-0.25, -0.2) is 0 Å². The number of aliphatic hydroxyl groups is 1. The minimum atomic E-state index is 0.220. The van der Waals surface area contributed by atoms with E-state index in [2.05, 4.69) is 10.6 Å². The Hall–Kier alpha value is -0.120. The molecule has 3 heteroatoms. The Morgan fingerprint density at radius 2 is 2.11 bits per heavy atom. The summed E-state index contributed by atoms with van der Waals surface area (Å²) in [6.45, 7) is 1.17. The van der Waals surface area contributed by atoms with Gasteiger partial charge in [0.2, 0.25) is 0 Å². The molecular formula is C6H16N2O. The Bertz CT molecular complexity index is 55.0. The summed E-state index contributed by atoms with van der Waals surface area (Å²) in [4.78, 5) is 0. The summed E-state index contributed by atoms with van der Waals surface area (Å²) < 4.78 is 0. The van der Waals surface area contributed by atoms with Crippen molar-refractivity contribution in [3.8, 4) is 0 Å². The van der Waals surface area contributed by atoms with Crippen LogP contribution in [0.25, 0.3) is 0 Å². The van der Waals surface area contributed by atoms with E-state index in [1.165, 1.54) is 0 Å². The van der Waals surface area contributed by atoms with Gasteiger partial charge in [0.1, 0.15) is 0 Å². The average molecular weight is 132 g/mol. The minimum Gasteiger partial charge on any atom is -0.395 e. The molecule has 0 saturated heterocycles. The zero-order chi connectivity index (χ0) is 7.11. The fraction of sp³-hybridized carbons (Fsp3) is 1.00. The van der Waals surface area contributed by atoms with Crippen molar-refractivity contribution in [1.82, 2.24) is 10.6 Å². The third-order valence-corrected chi connectivity index (χ3v) is 1.37. The molecule has 0 aliphatic rings. The number of nitrogens with one attached hydrogen (secondary N) is 2. The van der Waals surface area contributed by atoms with Crippen molar-refractivity contribution in [3.05, 3.63) is 0 Å². The molecule has 0 aliphatic heterocycles. The second-order valence-electron chi connectivity index (χ2n) is 2.06. The second-order valence-corrected chi connectivity index (χ2v) is 2.06. The van der Waals surface area contributed by atoms with E-state index < -0.39 is 0 Å². The molecule has 56 valence electrons. The van der Waals surface area contributed by atoms with Gasteiger partial charge in [0.25, 0.3) is 0 Å². The van der Waals surface area contributed by atoms with E-state index in [1.54, 1.807) is 0 Å². The third-order valence-electron chi connectivity index (χ3n) is 1.37. The number of hydrogen-bond donors (Lipinski definition) is 3. The highest BCUT2D eigenvalue weighted by molar-refractivity contribution is 4.62. The van der Waals surface area contributed by atoms with Crippen LogP contribution in [0.4, 0.5) is 0 Å². The number of aliphatic hydroxyl groups excluding tert-OH is 1. The van der Waals surface area contributed by atoms with Crippen LogP contribution in [0.2, 0.25) is 0 Å². The molecule has 0 unspecified atom stereocenters.